The fourth-order valence-electron chi connectivity index (χ4n) is 2.71. The van der Waals surface area contributed by atoms with Crippen molar-refractivity contribution in [3.8, 4) is 11.5 Å². The molecule has 2 aromatic rings. The molecule has 0 saturated carbocycles. The molecule has 3 rings (SSSR count). The highest BCUT2D eigenvalue weighted by molar-refractivity contribution is 7.99. The Balaban J connectivity index is 1.83. The SMILES string of the molecule is COc1ccc(C2SCCN2C(=O)Nc2ccccc2F)c(OC)c1. The lowest BCUT2D eigenvalue weighted by Crippen LogP contribution is -2.34. The van der Waals surface area contributed by atoms with Gasteiger partial charge in [-0.05, 0) is 24.3 Å². The van der Waals surface area contributed by atoms with Gasteiger partial charge < -0.3 is 19.7 Å². The molecule has 7 heteroatoms. The second kappa shape index (κ2) is 7.65. The van der Waals surface area contributed by atoms with Crippen LogP contribution in [-0.2, 0) is 0 Å². The quantitative estimate of drug-likeness (QED) is 0.889. The number of ether oxygens (including phenoxy) is 2. The van der Waals surface area contributed by atoms with Crippen LogP contribution in [0, 0.1) is 5.82 Å². The molecule has 0 spiro atoms. The normalized spacial score (nSPS) is 16.6. The zero-order valence-electron chi connectivity index (χ0n) is 14.0. The number of rotatable bonds is 4. The number of thioether (sulfide) groups is 1. The molecule has 1 atom stereocenters. The van der Waals surface area contributed by atoms with E-state index < -0.39 is 5.82 Å². The maximum Gasteiger partial charge on any atom is 0.323 e. The number of urea groups is 1. The van der Waals surface area contributed by atoms with Gasteiger partial charge in [0.25, 0.3) is 0 Å². The third kappa shape index (κ3) is 3.66. The highest BCUT2D eigenvalue weighted by Gasteiger charge is 2.33. The third-order valence-electron chi connectivity index (χ3n) is 3.97. The molecule has 2 amide bonds. The van der Waals surface area contributed by atoms with E-state index in [2.05, 4.69) is 5.32 Å². The standard InChI is InChI=1S/C18H19FN2O3S/c1-23-12-7-8-13(16(11-12)24-2)17-21(9-10-25-17)18(22)20-15-6-4-3-5-14(15)19/h3-8,11,17H,9-10H2,1-2H3,(H,20,22). The Labute approximate surface area is 150 Å². The van der Waals surface area contributed by atoms with Gasteiger partial charge in [-0.25, -0.2) is 9.18 Å². The zero-order chi connectivity index (χ0) is 17.8. The molecule has 1 unspecified atom stereocenters. The van der Waals surface area contributed by atoms with Crippen LogP contribution >= 0.6 is 11.8 Å². The van der Waals surface area contributed by atoms with Gasteiger partial charge in [-0.15, -0.1) is 11.8 Å². The number of carbonyl (C=O) groups excluding carboxylic acids is 1. The van der Waals surface area contributed by atoms with E-state index in [4.69, 9.17) is 9.47 Å². The van der Waals surface area contributed by atoms with Crippen molar-refractivity contribution in [1.29, 1.82) is 0 Å². The summed E-state index contributed by atoms with van der Waals surface area (Å²) in [5, 5.41) is 2.44. The lowest BCUT2D eigenvalue weighted by Gasteiger charge is -2.26. The number of anilines is 1. The van der Waals surface area contributed by atoms with Gasteiger partial charge in [-0.3, -0.25) is 0 Å². The Morgan fingerprint density at radius 3 is 2.76 bits per heavy atom. The predicted octanol–water partition coefficient (Wildman–Crippen LogP) is 4.12. The van der Waals surface area contributed by atoms with Crippen molar-refractivity contribution in [2.75, 3.05) is 31.8 Å². The number of hydrogen-bond donors (Lipinski definition) is 1. The number of carbonyl (C=O) groups is 1. The van der Waals surface area contributed by atoms with Crippen molar-refractivity contribution in [3.05, 3.63) is 53.8 Å². The third-order valence-corrected chi connectivity index (χ3v) is 5.22. The molecule has 1 aliphatic heterocycles. The van der Waals surface area contributed by atoms with Gasteiger partial charge in [0.15, 0.2) is 0 Å². The molecule has 0 aromatic heterocycles. The highest BCUT2D eigenvalue weighted by Crippen LogP contribution is 2.43. The van der Waals surface area contributed by atoms with Crippen molar-refractivity contribution < 1.29 is 18.7 Å². The smallest absolute Gasteiger partial charge is 0.323 e. The monoisotopic (exact) mass is 362 g/mol. The van der Waals surface area contributed by atoms with Gasteiger partial charge in [0, 0.05) is 23.9 Å². The molecular weight excluding hydrogens is 343 g/mol. The molecule has 1 aliphatic rings. The van der Waals surface area contributed by atoms with Crippen LogP contribution in [0.5, 0.6) is 11.5 Å². The topological polar surface area (TPSA) is 50.8 Å². The van der Waals surface area contributed by atoms with Gasteiger partial charge in [-0.2, -0.15) is 0 Å². The number of nitrogens with one attached hydrogen (secondary N) is 1. The molecular formula is C18H19FN2O3S. The van der Waals surface area contributed by atoms with Crippen molar-refractivity contribution in [2.45, 2.75) is 5.37 Å². The first-order chi connectivity index (χ1) is 12.1. The molecule has 5 nitrogen and oxygen atoms in total. The summed E-state index contributed by atoms with van der Waals surface area (Å²) >= 11 is 1.64. The van der Waals surface area contributed by atoms with Crippen LogP contribution in [0.3, 0.4) is 0 Å². The van der Waals surface area contributed by atoms with Crippen LogP contribution in [0.25, 0.3) is 0 Å². The molecule has 1 saturated heterocycles. The largest absolute Gasteiger partial charge is 0.497 e. The summed E-state index contributed by atoms with van der Waals surface area (Å²) in [7, 11) is 3.18. The van der Waals surface area contributed by atoms with E-state index in [0.717, 1.165) is 11.3 Å². The van der Waals surface area contributed by atoms with Crippen LogP contribution in [-0.4, -0.2) is 37.4 Å². The van der Waals surface area contributed by atoms with Crippen LogP contribution in [0.15, 0.2) is 42.5 Å². The molecule has 25 heavy (non-hydrogen) atoms. The Bertz CT molecular complexity index is 772. The first-order valence-electron chi connectivity index (χ1n) is 7.79. The van der Waals surface area contributed by atoms with Crippen LogP contribution < -0.4 is 14.8 Å². The number of halogens is 1. The summed E-state index contributed by atoms with van der Waals surface area (Å²) < 4.78 is 24.5. The van der Waals surface area contributed by atoms with Crippen molar-refractivity contribution in [2.24, 2.45) is 0 Å². The lowest BCUT2D eigenvalue weighted by molar-refractivity contribution is 0.213. The average molecular weight is 362 g/mol. The number of methoxy groups -OCH3 is 2. The maximum atomic E-state index is 13.8. The number of benzene rings is 2. The fourth-order valence-corrected chi connectivity index (χ4v) is 3.99. The van der Waals surface area contributed by atoms with E-state index in [9.17, 15) is 9.18 Å². The summed E-state index contributed by atoms with van der Waals surface area (Å²) in [4.78, 5) is 14.3. The summed E-state index contributed by atoms with van der Waals surface area (Å²) in [5.41, 5.74) is 1.05. The molecule has 0 bridgehead atoms. The van der Waals surface area contributed by atoms with E-state index in [-0.39, 0.29) is 17.1 Å². The van der Waals surface area contributed by atoms with Gasteiger partial charge in [0.2, 0.25) is 0 Å². The molecule has 0 aliphatic carbocycles. The predicted molar refractivity (Wildman–Crippen MR) is 96.9 cm³/mol. The summed E-state index contributed by atoms with van der Waals surface area (Å²) in [5.74, 6) is 1.68. The van der Waals surface area contributed by atoms with E-state index in [1.54, 1.807) is 55.1 Å². The van der Waals surface area contributed by atoms with Crippen molar-refractivity contribution in [1.82, 2.24) is 4.90 Å². The van der Waals surface area contributed by atoms with Crippen LogP contribution in [0.2, 0.25) is 0 Å². The van der Waals surface area contributed by atoms with E-state index in [1.165, 1.54) is 6.07 Å². The molecule has 1 N–H and O–H groups in total. The second-order valence-corrected chi connectivity index (χ2v) is 6.62. The first-order valence-corrected chi connectivity index (χ1v) is 8.84. The number of amides is 2. The minimum Gasteiger partial charge on any atom is -0.497 e. The van der Waals surface area contributed by atoms with Gasteiger partial charge in [0.05, 0.1) is 19.9 Å². The van der Waals surface area contributed by atoms with Crippen LogP contribution in [0.4, 0.5) is 14.9 Å². The molecule has 132 valence electrons. The maximum absolute atomic E-state index is 13.8. The van der Waals surface area contributed by atoms with Gasteiger partial charge >= 0.3 is 6.03 Å². The summed E-state index contributed by atoms with van der Waals surface area (Å²) in [6, 6.07) is 11.3. The minimum atomic E-state index is -0.457. The van der Waals surface area contributed by atoms with E-state index in [0.29, 0.717) is 18.0 Å². The van der Waals surface area contributed by atoms with E-state index >= 15 is 0 Å². The number of nitrogens with zero attached hydrogens (tertiary/aromatic N) is 1. The summed E-state index contributed by atoms with van der Waals surface area (Å²) in [6.45, 7) is 0.574. The van der Waals surface area contributed by atoms with Gasteiger partial charge in [0.1, 0.15) is 22.7 Å². The Morgan fingerprint density at radius 1 is 1.24 bits per heavy atom. The van der Waals surface area contributed by atoms with Crippen molar-refractivity contribution in [3.63, 3.8) is 0 Å². The minimum absolute atomic E-state index is 0.171. The van der Waals surface area contributed by atoms with Gasteiger partial charge in [-0.1, -0.05) is 12.1 Å². The molecule has 0 radical (unpaired) electrons. The molecule has 2 aromatic carbocycles. The molecule has 1 fully saturated rings. The molecule has 1 heterocycles. The average Bonchev–Trinajstić information content (AvgIpc) is 3.12. The zero-order valence-corrected chi connectivity index (χ0v) is 14.8. The highest BCUT2D eigenvalue weighted by atomic mass is 32.2. The van der Waals surface area contributed by atoms with Crippen molar-refractivity contribution >= 4 is 23.5 Å². The lowest BCUT2D eigenvalue weighted by atomic mass is 10.1. The fraction of sp³-hybridized carbons (Fsp3) is 0.278. The van der Waals surface area contributed by atoms with E-state index in [1.807, 2.05) is 12.1 Å². The van der Waals surface area contributed by atoms with Crippen LogP contribution in [0.1, 0.15) is 10.9 Å². The second-order valence-electron chi connectivity index (χ2n) is 5.43. The Morgan fingerprint density at radius 2 is 2.04 bits per heavy atom. The summed E-state index contributed by atoms with van der Waals surface area (Å²) in [6.07, 6.45) is 0. The Hall–Kier alpha value is -2.41. The Kier molecular flexibility index (Phi) is 5.33. The number of hydrogen-bond acceptors (Lipinski definition) is 4. The number of para-hydroxylation sites is 1. The first kappa shape index (κ1) is 17.4.